The summed E-state index contributed by atoms with van der Waals surface area (Å²) in [6.45, 7) is 1.68. The van der Waals surface area contributed by atoms with Crippen LogP contribution in [0, 0.1) is 0 Å². The van der Waals surface area contributed by atoms with Gasteiger partial charge in [0.15, 0.2) is 0 Å². The number of amides is 1. The molecule has 0 aromatic carbocycles. The zero-order chi connectivity index (χ0) is 10.8. The van der Waals surface area contributed by atoms with Crippen LogP contribution in [0.4, 0.5) is 5.13 Å². The molecule has 0 aliphatic carbocycles. The van der Waals surface area contributed by atoms with Gasteiger partial charge in [-0.25, -0.2) is 8.42 Å². The van der Waals surface area contributed by atoms with Gasteiger partial charge < -0.3 is 5.32 Å². The topological polar surface area (TPSA) is 89.0 Å². The van der Waals surface area contributed by atoms with Gasteiger partial charge in [0.1, 0.15) is 0 Å². The van der Waals surface area contributed by atoms with E-state index in [-0.39, 0.29) is 15.4 Å². The van der Waals surface area contributed by atoms with E-state index in [0.29, 0.717) is 6.42 Å². The van der Waals surface area contributed by atoms with E-state index in [1.807, 2.05) is 0 Å². The number of nitrogens with one attached hydrogen (secondary N) is 1. The molecule has 0 atom stereocenters. The summed E-state index contributed by atoms with van der Waals surface area (Å²) in [4.78, 5) is 10.9. The zero-order valence-electron chi connectivity index (χ0n) is 7.02. The van der Waals surface area contributed by atoms with Crippen molar-refractivity contribution < 1.29 is 13.2 Å². The van der Waals surface area contributed by atoms with Gasteiger partial charge in [-0.1, -0.05) is 18.3 Å². The molecular weight excluding hydrogens is 294 g/mol. The Kier molecular flexibility index (Phi) is 3.56. The molecule has 1 aromatic heterocycles. The first-order valence-corrected chi connectivity index (χ1v) is 7.65. The minimum atomic E-state index is -3.52. The third kappa shape index (κ3) is 3.00. The normalized spacial score (nSPS) is 11.3. The minimum absolute atomic E-state index is 0.176. The lowest BCUT2D eigenvalue weighted by Crippen LogP contribution is -2.08. The number of nitrogens with zero attached hydrogens (tertiary/aromatic N) is 2. The molecule has 14 heavy (non-hydrogen) atoms. The highest BCUT2D eigenvalue weighted by molar-refractivity contribution is 9.47. The summed E-state index contributed by atoms with van der Waals surface area (Å²) in [6, 6.07) is 0. The van der Waals surface area contributed by atoms with Crippen LogP contribution >= 0.6 is 26.1 Å². The Morgan fingerprint density at radius 2 is 2.21 bits per heavy atom. The first-order chi connectivity index (χ1) is 6.43. The molecule has 0 aliphatic rings. The van der Waals surface area contributed by atoms with Crippen LogP contribution in [0.3, 0.4) is 0 Å². The Hall–Kier alpha value is -0.540. The van der Waals surface area contributed by atoms with Gasteiger partial charge in [-0.05, 0) is 0 Å². The SMILES string of the molecule is CCC(=O)Nc1nnc(S(=O)(=O)Br)s1. The van der Waals surface area contributed by atoms with Crippen molar-refractivity contribution in [3.8, 4) is 0 Å². The Balaban J connectivity index is 2.84. The van der Waals surface area contributed by atoms with Crippen LogP contribution in [0.25, 0.3) is 0 Å². The average Bonchev–Trinajstić information content (AvgIpc) is 2.51. The van der Waals surface area contributed by atoms with E-state index in [1.165, 1.54) is 0 Å². The maximum atomic E-state index is 10.9. The molecule has 0 fully saturated rings. The molecule has 78 valence electrons. The number of anilines is 1. The predicted octanol–water partition coefficient (Wildman–Crippen LogP) is 0.970. The summed E-state index contributed by atoms with van der Waals surface area (Å²) in [6.07, 6.45) is 0.302. The number of carbonyl (C=O) groups excluding carboxylic acids is 1. The van der Waals surface area contributed by atoms with Gasteiger partial charge in [0.2, 0.25) is 15.4 Å². The van der Waals surface area contributed by atoms with Crippen LogP contribution < -0.4 is 5.32 Å². The number of halogens is 1. The van der Waals surface area contributed by atoms with Crippen molar-refractivity contribution >= 4 is 45.5 Å². The summed E-state index contributed by atoms with van der Waals surface area (Å²) < 4.78 is 21.6. The molecule has 0 spiro atoms. The largest absolute Gasteiger partial charge is 0.301 e. The lowest BCUT2D eigenvalue weighted by molar-refractivity contribution is -0.115. The van der Waals surface area contributed by atoms with E-state index in [0.717, 1.165) is 11.3 Å². The molecule has 0 bridgehead atoms. The van der Waals surface area contributed by atoms with Crippen LogP contribution in [0.1, 0.15) is 13.3 Å². The van der Waals surface area contributed by atoms with Crippen LogP contribution in [-0.4, -0.2) is 24.5 Å². The second kappa shape index (κ2) is 4.32. The fourth-order valence-electron chi connectivity index (χ4n) is 0.566. The highest BCUT2D eigenvalue weighted by Gasteiger charge is 2.16. The molecule has 0 saturated carbocycles. The number of aromatic nitrogens is 2. The minimum Gasteiger partial charge on any atom is -0.301 e. The molecule has 1 N–H and O–H groups in total. The second-order valence-corrected chi connectivity index (χ2v) is 7.27. The van der Waals surface area contributed by atoms with Crippen molar-refractivity contribution in [1.82, 2.24) is 10.2 Å². The Morgan fingerprint density at radius 3 is 2.64 bits per heavy atom. The molecule has 1 heterocycles. The lowest BCUT2D eigenvalue weighted by Gasteiger charge is -1.94. The molecule has 6 nitrogen and oxygen atoms in total. The molecule has 1 rings (SSSR count). The number of hydrogen-bond donors (Lipinski definition) is 1. The van der Waals surface area contributed by atoms with Crippen LogP contribution in [0.15, 0.2) is 4.34 Å². The first kappa shape index (κ1) is 11.5. The van der Waals surface area contributed by atoms with E-state index in [9.17, 15) is 13.2 Å². The summed E-state index contributed by atoms with van der Waals surface area (Å²) >= 11 is 3.25. The molecule has 0 unspecified atom stereocenters. The lowest BCUT2D eigenvalue weighted by atomic mass is 10.5. The fraction of sp³-hybridized carbons (Fsp3) is 0.400. The Bertz CT molecular complexity index is 441. The summed E-state index contributed by atoms with van der Waals surface area (Å²) in [7, 11) is -3.52. The van der Waals surface area contributed by atoms with Crippen molar-refractivity contribution in [2.45, 2.75) is 17.7 Å². The number of rotatable bonds is 3. The van der Waals surface area contributed by atoms with Crippen molar-refractivity contribution in [1.29, 1.82) is 0 Å². The van der Waals surface area contributed by atoms with E-state index in [2.05, 4.69) is 30.3 Å². The summed E-state index contributed by atoms with van der Waals surface area (Å²) in [5.74, 6) is -0.236. The molecular formula is C5H6BrN3O3S2. The first-order valence-electron chi connectivity index (χ1n) is 3.51. The molecule has 0 aliphatic heterocycles. The maximum absolute atomic E-state index is 10.9. The van der Waals surface area contributed by atoms with E-state index in [4.69, 9.17) is 0 Å². The highest BCUT2D eigenvalue weighted by atomic mass is 79.9. The van der Waals surface area contributed by atoms with Gasteiger partial charge in [-0.2, -0.15) is 0 Å². The summed E-state index contributed by atoms with van der Waals surface area (Å²) in [5, 5.41) is 9.47. The fourth-order valence-corrected chi connectivity index (χ4v) is 2.62. The third-order valence-corrected chi connectivity index (χ3v) is 4.79. The quantitative estimate of drug-likeness (QED) is 0.663. The maximum Gasteiger partial charge on any atom is 0.266 e. The van der Waals surface area contributed by atoms with Crippen molar-refractivity contribution in [2.24, 2.45) is 0 Å². The van der Waals surface area contributed by atoms with Gasteiger partial charge >= 0.3 is 0 Å². The van der Waals surface area contributed by atoms with Crippen molar-refractivity contribution in [3.05, 3.63) is 0 Å². The van der Waals surface area contributed by atoms with E-state index in [1.54, 1.807) is 6.92 Å². The Labute approximate surface area is 91.9 Å². The molecule has 1 aromatic rings. The zero-order valence-corrected chi connectivity index (χ0v) is 10.2. The Morgan fingerprint density at radius 1 is 1.57 bits per heavy atom. The van der Waals surface area contributed by atoms with Crippen molar-refractivity contribution in [3.63, 3.8) is 0 Å². The van der Waals surface area contributed by atoms with E-state index >= 15 is 0 Å². The smallest absolute Gasteiger partial charge is 0.266 e. The van der Waals surface area contributed by atoms with Crippen LogP contribution in [0.5, 0.6) is 0 Å². The van der Waals surface area contributed by atoms with Gasteiger partial charge in [0.05, 0.1) is 14.8 Å². The third-order valence-electron chi connectivity index (χ3n) is 1.18. The molecule has 9 heteroatoms. The second-order valence-electron chi connectivity index (χ2n) is 2.21. The molecule has 0 saturated heterocycles. The van der Waals surface area contributed by atoms with Gasteiger partial charge in [0.25, 0.3) is 8.27 Å². The number of carbonyl (C=O) groups is 1. The van der Waals surface area contributed by atoms with Crippen LogP contribution in [0.2, 0.25) is 0 Å². The van der Waals surface area contributed by atoms with Gasteiger partial charge in [-0.15, -0.1) is 10.2 Å². The monoisotopic (exact) mass is 299 g/mol. The molecule has 0 radical (unpaired) electrons. The number of hydrogen-bond acceptors (Lipinski definition) is 6. The van der Waals surface area contributed by atoms with Gasteiger partial charge in [-0.3, -0.25) is 4.79 Å². The standard InChI is InChI=1S/C5H6BrN3O3S2/c1-2-3(10)7-4-8-9-5(13-4)14(6,11)12/h2H2,1H3,(H,7,8,10). The summed E-state index contributed by atoms with van der Waals surface area (Å²) in [5.41, 5.74) is 0. The molecule has 1 amide bonds. The van der Waals surface area contributed by atoms with Gasteiger partial charge in [0, 0.05) is 6.42 Å². The highest BCUT2D eigenvalue weighted by Crippen LogP contribution is 2.23. The van der Waals surface area contributed by atoms with Crippen LogP contribution in [-0.2, 0) is 13.1 Å². The predicted molar refractivity (Wildman–Crippen MR) is 54.9 cm³/mol. The van der Waals surface area contributed by atoms with Crippen molar-refractivity contribution in [2.75, 3.05) is 5.32 Å². The average molecular weight is 300 g/mol. The van der Waals surface area contributed by atoms with E-state index < -0.39 is 8.27 Å².